The van der Waals surface area contributed by atoms with Crippen molar-refractivity contribution >= 4 is 24.2 Å². The Morgan fingerprint density at radius 3 is 2.60 bits per heavy atom. The molecule has 1 aromatic carbocycles. The van der Waals surface area contributed by atoms with Gasteiger partial charge in [0.25, 0.3) is 0 Å². The van der Waals surface area contributed by atoms with Gasteiger partial charge in [-0.25, -0.2) is 0 Å². The molecular formula is C7H4ClNS. The molecule has 0 radical (unpaired) electrons. The third-order valence-corrected chi connectivity index (χ3v) is 1.79. The summed E-state index contributed by atoms with van der Waals surface area (Å²) in [6.45, 7) is 0. The van der Waals surface area contributed by atoms with Crippen molar-refractivity contribution < 1.29 is 0 Å². The summed E-state index contributed by atoms with van der Waals surface area (Å²) in [4.78, 5) is 0.620. The fraction of sp³-hybridized carbons (Fsp3) is 0. The molecule has 0 aliphatic rings. The standard InChI is InChI=1S/C7H4ClNS/c8-6-2-1-3-7(10)5(6)4-9/h1-3,10H. The lowest BCUT2D eigenvalue weighted by atomic mass is 10.2. The Morgan fingerprint density at radius 1 is 1.50 bits per heavy atom. The Morgan fingerprint density at radius 2 is 2.20 bits per heavy atom. The van der Waals surface area contributed by atoms with Crippen molar-refractivity contribution in [3.05, 3.63) is 28.8 Å². The van der Waals surface area contributed by atoms with Crippen LogP contribution in [-0.4, -0.2) is 0 Å². The highest BCUT2D eigenvalue weighted by molar-refractivity contribution is 7.80. The van der Waals surface area contributed by atoms with Crippen molar-refractivity contribution in [2.24, 2.45) is 0 Å². The number of thiol groups is 1. The van der Waals surface area contributed by atoms with Crippen molar-refractivity contribution in [2.75, 3.05) is 0 Å². The summed E-state index contributed by atoms with van der Waals surface area (Å²) in [5, 5.41) is 8.97. The highest BCUT2D eigenvalue weighted by Crippen LogP contribution is 2.20. The molecule has 3 heteroatoms. The van der Waals surface area contributed by atoms with Crippen LogP contribution < -0.4 is 0 Å². The number of hydrogen-bond donors (Lipinski definition) is 1. The first-order valence-corrected chi connectivity index (χ1v) is 3.46. The van der Waals surface area contributed by atoms with Gasteiger partial charge in [-0.05, 0) is 12.1 Å². The molecular weight excluding hydrogens is 166 g/mol. The fourth-order valence-electron chi connectivity index (χ4n) is 0.623. The number of hydrogen-bond acceptors (Lipinski definition) is 2. The molecule has 0 heterocycles. The van der Waals surface area contributed by atoms with Crippen LogP contribution in [-0.2, 0) is 0 Å². The molecule has 10 heavy (non-hydrogen) atoms. The monoisotopic (exact) mass is 169 g/mol. The van der Waals surface area contributed by atoms with E-state index in [4.69, 9.17) is 16.9 Å². The molecule has 1 aromatic rings. The second kappa shape index (κ2) is 2.96. The van der Waals surface area contributed by atoms with Gasteiger partial charge in [-0.1, -0.05) is 17.7 Å². The Hall–Kier alpha value is -0.650. The Labute approximate surface area is 69.6 Å². The first-order valence-electron chi connectivity index (χ1n) is 2.63. The van der Waals surface area contributed by atoms with Crippen LogP contribution in [0.25, 0.3) is 0 Å². The van der Waals surface area contributed by atoms with Crippen LogP contribution in [0.1, 0.15) is 5.56 Å². The number of nitrogens with zero attached hydrogens (tertiary/aromatic N) is 1. The van der Waals surface area contributed by atoms with Crippen molar-refractivity contribution in [3.8, 4) is 6.07 Å². The van der Waals surface area contributed by atoms with Crippen LogP contribution in [0.5, 0.6) is 0 Å². The van der Waals surface area contributed by atoms with Crippen molar-refractivity contribution in [1.82, 2.24) is 0 Å². The minimum Gasteiger partial charge on any atom is -0.192 e. The average Bonchev–Trinajstić information content (AvgIpc) is 1.88. The molecule has 0 bridgehead atoms. The number of rotatable bonds is 0. The molecule has 0 unspecified atom stereocenters. The Balaban J connectivity index is 3.34. The van der Waals surface area contributed by atoms with Gasteiger partial charge >= 0.3 is 0 Å². The molecule has 0 aromatic heterocycles. The summed E-state index contributed by atoms with van der Waals surface area (Å²) < 4.78 is 0. The van der Waals surface area contributed by atoms with E-state index in [-0.39, 0.29) is 0 Å². The second-order valence-corrected chi connectivity index (χ2v) is 2.63. The van der Waals surface area contributed by atoms with Crippen molar-refractivity contribution in [3.63, 3.8) is 0 Å². The second-order valence-electron chi connectivity index (χ2n) is 1.75. The molecule has 0 spiro atoms. The summed E-state index contributed by atoms with van der Waals surface area (Å²) in [5.41, 5.74) is 0.438. The molecule has 0 aliphatic carbocycles. The predicted molar refractivity (Wildman–Crippen MR) is 43.4 cm³/mol. The number of halogens is 1. The van der Waals surface area contributed by atoms with E-state index in [1.807, 2.05) is 6.07 Å². The van der Waals surface area contributed by atoms with E-state index in [1.165, 1.54) is 0 Å². The third kappa shape index (κ3) is 1.26. The van der Waals surface area contributed by atoms with Gasteiger partial charge in [0.1, 0.15) is 6.07 Å². The molecule has 0 saturated heterocycles. The van der Waals surface area contributed by atoms with Crippen LogP contribution in [0.15, 0.2) is 23.1 Å². The van der Waals surface area contributed by atoms with E-state index in [9.17, 15) is 0 Å². The van der Waals surface area contributed by atoms with Gasteiger partial charge in [-0.3, -0.25) is 0 Å². The lowest BCUT2D eigenvalue weighted by Gasteiger charge is -1.95. The zero-order valence-electron chi connectivity index (χ0n) is 5.00. The molecule has 0 amide bonds. The van der Waals surface area contributed by atoms with Crippen molar-refractivity contribution in [1.29, 1.82) is 5.26 Å². The van der Waals surface area contributed by atoms with Gasteiger partial charge in [-0.15, -0.1) is 12.6 Å². The quantitative estimate of drug-likeness (QED) is 0.593. The van der Waals surface area contributed by atoms with Gasteiger partial charge in [0, 0.05) is 4.90 Å². The molecule has 1 rings (SSSR count). The minimum absolute atomic E-state index is 0.438. The normalized spacial score (nSPS) is 8.90. The van der Waals surface area contributed by atoms with E-state index >= 15 is 0 Å². The molecule has 0 saturated carbocycles. The van der Waals surface area contributed by atoms with Gasteiger partial charge < -0.3 is 0 Å². The fourth-order valence-corrected chi connectivity index (χ4v) is 1.16. The summed E-state index contributed by atoms with van der Waals surface area (Å²) in [7, 11) is 0. The van der Waals surface area contributed by atoms with Gasteiger partial charge in [0.15, 0.2) is 0 Å². The Kier molecular flexibility index (Phi) is 2.21. The van der Waals surface area contributed by atoms with Crippen LogP contribution in [0, 0.1) is 11.3 Å². The smallest absolute Gasteiger partial charge is 0.102 e. The van der Waals surface area contributed by atoms with E-state index in [2.05, 4.69) is 12.6 Å². The summed E-state index contributed by atoms with van der Waals surface area (Å²) in [5.74, 6) is 0. The van der Waals surface area contributed by atoms with E-state index in [1.54, 1.807) is 18.2 Å². The Bertz CT molecular complexity index is 270. The van der Waals surface area contributed by atoms with E-state index in [0.29, 0.717) is 15.5 Å². The molecule has 50 valence electrons. The van der Waals surface area contributed by atoms with Crippen LogP contribution >= 0.6 is 24.2 Å². The largest absolute Gasteiger partial charge is 0.192 e. The van der Waals surface area contributed by atoms with Crippen molar-refractivity contribution in [2.45, 2.75) is 4.90 Å². The first-order chi connectivity index (χ1) is 4.75. The maximum atomic E-state index is 8.52. The van der Waals surface area contributed by atoms with Gasteiger partial charge in [0.2, 0.25) is 0 Å². The topological polar surface area (TPSA) is 23.8 Å². The van der Waals surface area contributed by atoms with Gasteiger partial charge in [-0.2, -0.15) is 5.26 Å². The molecule has 0 aliphatic heterocycles. The summed E-state index contributed by atoms with van der Waals surface area (Å²) >= 11 is 9.70. The van der Waals surface area contributed by atoms with E-state index < -0.39 is 0 Å². The van der Waals surface area contributed by atoms with Crippen LogP contribution in [0.3, 0.4) is 0 Å². The SMILES string of the molecule is N#Cc1c(S)cccc1Cl. The zero-order valence-corrected chi connectivity index (χ0v) is 6.65. The van der Waals surface area contributed by atoms with Gasteiger partial charge in [0.05, 0.1) is 10.6 Å². The maximum absolute atomic E-state index is 8.52. The highest BCUT2D eigenvalue weighted by Gasteiger charge is 2.00. The first kappa shape index (κ1) is 7.46. The maximum Gasteiger partial charge on any atom is 0.102 e. The third-order valence-electron chi connectivity index (χ3n) is 1.10. The summed E-state index contributed by atoms with van der Waals surface area (Å²) in [6.07, 6.45) is 0. The summed E-state index contributed by atoms with van der Waals surface area (Å²) in [6, 6.07) is 7.11. The zero-order chi connectivity index (χ0) is 7.56. The van der Waals surface area contributed by atoms with Crippen LogP contribution in [0.2, 0.25) is 5.02 Å². The number of benzene rings is 1. The minimum atomic E-state index is 0.438. The predicted octanol–water partition coefficient (Wildman–Crippen LogP) is 2.50. The van der Waals surface area contributed by atoms with Crippen LogP contribution in [0.4, 0.5) is 0 Å². The van der Waals surface area contributed by atoms with E-state index in [0.717, 1.165) is 0 Å². The molecule has 1 nitrogen and oxygen atoms in total. The molecule has 0 atom stereocenters. The highest BCUT2D eigenvalue weighted by atomic mass is 35.5. The lowest BCUT2D eigenvalue weighted by Crippen LogP contribution is -1.77. The number of nitriles is 1. The molecule has 0 fully saturated rings. The average molecular weight is 170 g/mol. The molecule has 0 N–H and O–H groups in total. The lowest BCUT2D eigenvalue weighted by molar-refractivity contribution is 1.38.